The van der Waals surface area contributed by atoms with Crippen molar-refractivity contribution in [2.45, 2.75) is 0 Å². The van der Waals surface area contributed by atoms with E-state index in [0.29, 0.717) is 0 Å². The summed E-state index contributed by atoms with van der Waals surface area (Å²) in [5.41, 5.74) is 0. The summed E-state index contributed by atoms with van der Waals surface area (Å²) in [6.07, 6.45) is 0. The van der Waals surface area contributed by atoms with E-state index in [4.69, 9.17) is 19.8 Å². The van der Waals surface area contributed by atoms with Crippen molar-refractivity contribution in [1.82, 2.24) is 0 Å². The van der Waals surface area contributed by atoms with Crippen LogP contribution >= 0.6 is 0 Å². The second-order valence-electron chi connectivity index (χ2n) is 0.610. The van der Waals surface area contributed by atoms with Gasteiger partial charge in [-0.15, -0.1) is 0 Å². The molecular weight excluding hydrogens is 143 g/mol. The average Bonchev–Trinajstić information content (AvgIpc) is 1.36. The molecule has 0 fully saturated rings. The van der Waals surface area contributed by atoms with Crippen molar-refractivity contribution in [3.8, 4) is 0 Å². The molecule has 0 saturated carbocycles. The van der Waals surface area contributed by atoms with Gasteiger partial charge < -0.3 is 11.6 Å². The third-order valence-corrected chi connectivity index (χ3v) is 0.183. The molecule has 0 amide bonds. The van der Waals surface area contributed by atoms with Crippen molar-refractivity contribution < 1.29 is 61.8 Å². The van der Waals surface area contributed by atoms with E-state index in [1.54, 1.807) is 0 Å². The van der Waals surface area contributed by atoms with Crippen LogP contribution in [0.3, 0.4) is 0 Å². The Morgan fingerprint density at radius 2 is 1.25 bits per heavy atom. The van der Waals surface area contributed by atoms with E-state index in [-0.39, 0.29) is 42.0 Å². The van der Waals surface area contributed by atoms with Crippen LogP contribution in [0.5, 0.6) is 0 Å². The van der Waals surface area contributed by atoms with Gasteiger partial charge in [-0.25, -0.2) is 9.59 Å². The number of carboxylic acid groups (broad SMARTS) is 2. The van der Waals surface area contributed by atoms with Crippen LogP contribution in [0.25, 0.3) is 0 Å². The van der Waals surface area contributed by atoms with Crippen molar-refractivity contribution in [3.63, 3.8) is 0 Å². The third kappa shape index (κ3) is 9.54. The summed E-state index contributed by atoms with van der Waals surface area (Å²) in [5, 5.41) is 14.8. The molecule has 0 atom stereocenters. The van der Waals surface area contributed by atoms with E-state index in [0.717, 1.165) is 0 Å². The molecule has 0 saturated heterocycles. The minimum absolute atomic E-state index is 0. The van der Waals surface area contributed by atoms with Crippen LogP contribution in [0, 0.1) is 0 Å². The number of aliphatic carboxylic acids is 2. The molecule has 0 bridgehead atoms. The van der Waals surface area contributed by atoms with Crippen LogP contribution < -0.4 is 18.9 Å². The Balaban J connectivity index is -0.0000000417. The molecular formula is C2H3LiO4Ti. The van der Waals surface area contributed by atoms with Gasteiger partial charge in [-0.3, -0.25) is 0 Å². The van der Waals surface area contributed by atoms with Crippen molar-refractivity contribution >= 4 is 11.9 Å². The van der Waals surface area contributed by atoms with Gasteiger partial charge in [-0.05, 0) is 0 Å². The zero-order chi connectivity index (χ0) is 5.15. The van der Waals surface area contributed by atoms with Gasteiger partial charge in [-0.2, -0.15) is 0 Å². The minimum Gasteiger partial charge on any atom is -1.00 e. The van der Waals surface area contributed by atoms with E-state index in [1.165, 1.54) is 0 Å². The molecule has 0 spiro atoms. The zero-order valence-electron chi connectivity index (χ0n) is 5.21. The van der Waals surface area contributed by atoms with E-state index < -0.39 is 11.9 Å². The smallest absolute Gasteiger partial charge is 1.00 e. The van der Waals surface area contributed by atoms with Crippen molar-refractivity contribution in [1.29, 1.82) is 0 Å². The van der Waals surface area contributed by atoms with Gasteiger partial charge in [0, 0.05) is 21.7 Å². The summed E-state index contributed by atoms with van der Waals surface area (Å²) >= 11 is 0. The maximum Gasteiger partial charge on any atom is 1.00 e. The summed E-state index contributed by atoms with van der Waals surface area (Å²) in [7, 11) is 0. The van der Waals surface area contributed by atoms with Crippen LogP contribution in [0.15, 0.2) is 0 Å². The maximum atomic E-state index is 9.10. The van der Waals surface area contributed by atoms with E-state index in [9.17, 15) is 0 Å². The Morgan fingerprint density at radius 3 is 1.25 bits per heavy atom. The summed E-state index contributed by atoms with van der Waals surface area (Å²) in [5.74, 6) is -3.65. The molecule has 0 aromatic heterocycles. The number of hydrogen-bond acceptors (Lipinski definition) is 2. The Morgan fingerprint density at radius 1 is 1.12 bits per heavy atom. The van der Waals surface area contributed by atoms with Crippen molar-refractivity contribution in [2.75, 3.05) is 0 Å². The minimum atomic E-state index is -1.82. The number of hydrogen-bond donors (Lipinski definition) is 2. The fraction of sp³-hybridized carbons (Fsp3) is 0. The first-order valence-corrected chi connectivity index (χ1v) is 1.11. The van der Waals surface area contributed by atoms with Crippen LogP contribution in [0.2, 0.25) is 0 Å². The SMILES string of the molecule is O=C(O)C(=O)O.[H-].[Li+].[Ti]. The molecule has 0 aliphatic rings. The predicted octanol–water partition coefficient (Wildman–Crippen LogP) is -3.73. The molecule has 0 aliphatic heterocycles. The Hall–Kier alpha value is 0.252. The monoisotopic (exact) mass is 146 g/mol. The van der Waals surface area contributed by atoms with Gasteiger partial charge in [0.05, 0.1) is 0 Å². The number of carbonyl (C=O) groups is 2. The Kier molecular flexibility index (Phi) is 14.3. The van der Waals surface area contributed by atoms with Crippen LogP contribution in [0.1, 0.15) is 1.43 Å². The van der Waals surface area contributed by atoms with Crippen molar-refractivity contribution in [2.24, 2.45) is 0 Å². The summed E-state index contributed by atoms with van der Waals surface area (Å²) in [6, 6.07) is 0. The quantitative estimate of drug-likeness (QED) is 0.272. The van der Waals surface area contributed by atoms with Gasteiger partial charge >= 0.3 is 30.8 Å². The van der Waals surface area contributed by atoms with E-state index in [2.05, 4.69) is 0 Å². The molecule has 0 unspecified atom stereocenters. The van der Waals surface area contributed by atoms with Crippen molar-refractivity contribution in [3.05, 3.63) is 0 Å². The molecule has 0 heterocycles. The van der Waals surface area contributed by atoms with Gasteiger partial charge in [0.25, 0.3) is 0 Å². The van der Waals surface area contributed by atoms with E-state index in [1.807, 2.05) is 0 Å². The normalized spacial score (nSPS) is 5.50. The second kappa shape index (κ2) is 7.25. The summed E-state index contributed by atoms with van der Waals surface area (Å²) in [6.45, 7) is 0. The molecule has 0 radical (unpaired) electrons. The molecule has 0 aliphatic carbocycles. The third-order valence-electron chi connectivity index (χ3n) is 0.183. The first kappa shape index (κ1) is 15.7. The molecule has 0 aromatic rings. The molecule has 2 N–H and O–H groups in total. The largest absolute Gasteiger partial charge is 1.00 e. The second-order valence-corrected chi connectivity index (χ2v) is 0.610. The fourth-order valence-corrected chi connectivity index (χ4v) is 0. The number of rotatable bonds is 0. The standard InChI is InChI=1S/C2H2O4.Li.Ti.H/c3-1(4)2(5)6;;;/h(H,3,4)(H,5,6);;;/q;+1;;-1. The molecule has 6 heteroatoms. The Labute approximate surface area is 73.8 Å². The predicted molar refractivity (Wildman–Crippen MR) is 16.4 cm³/mol. The first-order chi connectivity index (χ1) is 2.64. The fourth-order valence-electron chi connectivity index (χ4n) is 0. The summed E-state index contributed by atoms with van der Waals surface area (Å²) < 4.78 is 0. The molecule has 0 rings (SSSR count). The average molecular weight is 146 g/mol. The maximum absolute atomic E-state index is 9.10. The molecule has 40 valence electrons. The van der Waals surface area contributed by atoms with Gasteiger partial charge in [0.2, 0.25) is 0 Å². The zero-order valence-corrected chi connectivity index (χ0v) is 5.77. The van der Waals surface area contributed by atoms with Crippen LogP contribution in [0.4, 0.5) is 0 Å². The summed E-state index contributed by atoms with van der Waals surface area (Å²) in [4.78, 5) is 18.2. The van der Waals surface area contributed by atoms with Gasteiger partial charge in [0.1, 0.15) is 0 Å². The van der Waals surface area contributed by atoms with Gasteiger partial charge in [0.15, 0.2) is 0 Å². The van der Waals surface area contributed by atoms with Crippen LogP contribution in [-0.4, -0.2) is 22.2 Å². The number of carboxylic acids is 2. The topological polar surface area (TPSA) is 74.6 Å². The first-order valence-electron chi connectivity index (χ1n) is 1.11. The van der Waals surface area contributed by atoms with Gasteiger partial charge in [-0.1, -0.05) is 0 Å². The molecule has 8 heavy (non-hydrogen) atoms. The van der Waals surface area contributed by atoms with E-state index >= 15 is 0 Å². The molecule has 0 aromatic carbocycles. The Bertz CT molecular complexity index is 84.6. The molecule has 4 nitrogen and oxygen atoms in total. The van der Waals surface area contributed by atoms with Crippen LogP contribution in [-0.2, 0) is 31.3 Å².